The first-order chi connectivity index (χ1) is 7.38. The van der Waals surface area contributed by atoms with Gasteiger partial charge >= 0.3 is 0 Å². The molecule has 0 amide bonds. The zero-order chi connectivity index (χ0) is 10.3. The minimum Gasteiger partial charge on any atom is -0.135 e. The van der Waals surface area contributed by atoms with Gasteiger partial charge in [-0.15, -0.1) is 11.3 Å². The van der Waals surface area contributed by atoms with Crippen LogP contribution >= 0.6 is 11.3 Å². The topological polar surface area (TPSA) is 0 Å². The summed E-state index contributed by atoms with van der Waals surface area (Å²) in [7, 11) is 0. The number of rotatable bonds is 1. The summed E-state index contributed by atoms with van der Waals surface area (Å²) in [5.74, 6) is 0. The van der Waals surface area contributed by atoms with Crippen molar-refractivity contribution in [3.05, 3.63) is 54.6 Å². The molecule has 72 valence electrons. The molecule has 0 radical (unpaired) electrons. The SMILES string of the molecule is C=Cc1ccc2c(c1)sc1ccccc12. The summed E-state index contributed by atoms with van der Waals surface area (Å²) in [6.07, 6.45) is 1.89. The third kappa shape index (κ3) is 1.28. The van der Waals surface area contributed by atoms with Gasteiger partial charge in [0.25, 0.3) is 0 Å². The Balaban J connectivity index is 2.48. The van der Waals surface area contributed by atoms with Gasteiger partial charge in [0.05, 0.1) is 0 Å². The van der Waals surface area contributed by atoms with Crippen LogP contribution in [0, 0.1) is 0 Å². The standard InChI is InChI=1S/C14H10S/c1-2-10-7-8-12-11-5-3-4-6-13(11)15-14(12)9-10/h2-9H,1H2. The Hall–Kier alpha value is -1.60. The molecular formula is C14H10S. The van der Waals surface area contributed by atoms with Crippen LogP contribution in [0.25, 0.3) is 26.2 Å². The second kappa shape index (κ2) is 3.21. The summed E-state index contributed by atoms with van der Waals surface area (Å²) < 4.78 is 2.70. The van der Waals surface area contributed by atoms with E-state index in [-0.39, 0.29) is 0 Å². The fourth-order valence-corrected chi connectivity index (χ4v) is 3.02. The monoisotopic (exact) mass is 210 g/mol. The van der Waals surface area contributed by atoms with Gasteiger partial charge in [0.2, 0.25) is 0 Å². The lowest BCUT2D eigenvalue weighted by atomic mass is 10.1. The highest BCUT2D eigenvalue weighted by atomic mass is 32.1. The molecule has 0 aliphatic heterocycles. The van der Waals surface area contributed by atoms with Crippen LogP contribution in [0.2, 0.25) is 0 Å². The Bertz CT molecular complexity index is 647. The first-order valence-corrected chi connectivity index (χ1v) is 5.74. The van der Waals surface area contributed by atoms with Crippen LogP contribution < -0.4 is 0 Å². The highest BCUT2D eigenvalue weighted by molar-refractivity contribution is 7.25. The van der Waals surface area contributed by atoms with E-state index in [1.807, 2.05) is 17.4 Å². The summed E-state index contributed by atoms with van der Waals surface area (Å²) in [4.78, 5) is 0. The van der Waals surface area contributed by atoms with Gasteiger partial charge in [-0.3, -0.25) is 0 Å². The molecule has 0 saturated heterocycles. The van der Waals surface area contributed by atoms with Gasteiger partial charge in [-0.25, -0.2) is 0 Å². The van der Waals surface area contributed by atoms with Crippen molar-refractivity contribution in [2.75, 3.05) is 0 Å². The van der Waals surface area contributed by atoms with Crippen LogP contribution in [0.15, 0.2) is 49.0 Å². The quantitative estimate of drug-likeness (QED) is 0.546. The summed E-state index contributed by atoms with van der Waals surface area (Å²) >= 11 is 1.84. The van der Waals surface area contributed by atoms with E-state index < -0.39 is 0 Å². The van der Waals surface area contributed by atoms with E-state index in [0.29, 0.717) is 0 Å². The second-order valence-electron chi connectivity index (χ2n) is 3.56. The molecule has 0 fully saturated rings. The molecule has 0 spiro atoms. The van der Waals surface area contributed by atoms with Crippen LogP contribution in [0.4, 0.5) is 0 Å². The number of hydrogen-bond acceptors (Lipinski definition) is 1. The highest BCUT2D eigenvalue weighted by Gasteiger charge is 2.03. The molecule has 0 bridgehead atoms. The van der Waals surface area contributed by atoms with Crippen molar-refractivity contribution in [1.82, 2.24) is 0 Å². The Kier molecular flexibility index (Phi) is 1.86. The van der Waals surface area contributed by atoms with E-state index in [4.69, 9.17) is 0 Å². The van der Waals surface area contributed by atoms with E-state index in [9.17, 15) is 0 Å². The largest absolute Gasteiger partial charge is 0.135 e. The predicted molar refractivity (Wildman–Crippen MR) is 69.4 cm³/mol. The predicted octanol–water partition coefficient (Wildman–Crippen LogP) is 4.70. The lowest BCUT2D eigenvalue weighted by molar-refractivity contribution is 1.78. The number of thiophene rings is 1. The van der Waals surface area contributed by atoms with Crippen molar-refractivity contribution < 1.29 is 0 Å². The molecule has 15 heavy (non-hydrogen) atoms. The van der Waals surface area contributed by atoms with Gasteiger partial charge in [0, 0.05) is 20.2 Å². The molecule has 1 heterocycles. The minimum absolute atomic E-state index is 1.19. The maximum Gasteiger partial charge on any atom is 0.0361 e. The molecule has 0 unspecified atom stereocenters. The molecule has 0 N–H and O–H groups in total. The molecule has 1 aromatic heterocycles. The van der Waals surface area contributed by atoms with Gasteiger partial charge in [-0.1, -0.05) is 43.0 Å². The molecule has 0 atom stereocenters. The van der Waals surface area contributed by atoms with Gasteiger partial charge in [-0.05, 0) is 17.7 Å². The third-order valence-electron chi connectivity index (χ3n) is 2.64. The van der Waals surface area contributed by atoms with E-state index >= 15 is 0 Å². The summed E-state index contributed by atoms with van der Waals surface area (Å²) in [5.41, 5.74) is 1.19. The van der Waals surface area contributed by atoms with Gasteiger partial charge in [0.1, 0.15) is 0 Å². The third-order valence-corrected chi connectivity index (χ3v) is 3.77. The maximum atomic E-state index is 3.80. The molecule has 0 nitrogen and oxygen atoms in total. The maximum absolute atomic E-state index is 3.80. The zero-order valence-electron chi connectivity index (χ0n) is 8.23. The van der Waals surface area contributed by atoms with Gasteiger partial charge < -0.3 is 0 Å². The highest BCUT2D eigenvalue weighted by Crippen LogP contribution is 2.34. The van der Waals surface area contributed by atoms with Crippen molar-refractivity contribution in [1.29, 1.82) is 0 Å². The minimum atomic E-state index is 1.19. The van der Waals surface area contributed by atoms with Crippen LogP contribution in [-0.2, 0) is 0 Å². The number of hydrogen-bond donors (Lipinski definition) is 0. The Morgan fingerprint density at radius 1 is 0.933 bits per heavy atom. The molecule has 0 aliphatic carbocycles. The average molecular weight is 210 g/mol. The molecule has 3 rings (SSSR count). The zero-order valence-corrected chi connectivity index (χ0v) is 9.05. The van der Waals surface area contributed by atoms with Crippen molar-refractivity contribution in [2.45, 2.75) is 0 Å². The van der Waals surface area contributed by atoms with Crippen molar-refractivity contribution in [3.8, 4) is 0 Å². The van der Waals surface area contributed by atoms with Gasteiger partial charge in [-0.2, -0.15) is 0 Å². The van der Waals surface area contributed by atoms with Crippen LogP contribution in [-0.4, -0.2) is 0 Å². The summed E-state index contributed by atoms with van der Waals surface area (Å²) in [6, 6.07) is 15.0. The van der Waals surface area contributed by atoms with E-state index in [2.05, 4.69) is 49.0 Å². The average Bonchev–Trinajstić information content (AvgIpc) is 2.66. The van der Waals surface area contributed by atoms with E-state index in [1.54, 1.807) is 0 Å². The molecular weight excluding hydrogens is 200 g/mol. The number of fused-ring (bicyclic) bond motifs is 3. The van der Waals surface area contributed by atoms with Crippen LogP contribution in [0.5, 0.6) is 0 Å². The number of benzene rings is 2. The molecule has 2 aromatic carbocycles. The fourth-order valence-electron chi connectivity index (χ4n) is 1.87. The van der Waals surface area contributed by atoms with E-state index in [0.717, 1.165) is 0 Å². The second-order valence-corrected chi connectivity index (χ2v) is 4.64. The Morgan fingerprint density at radius 3 is 2.60 bits per heavy atom. The summed E-state index contributed by atoms with van der Waals surface area (Å²) in [5, 5.41) is 2.70. The van der Waals surface area contributed by atoms with Crippen LogP contribution in [0.3, 0.4) is 0 Å². The summed E-state index contributed by atoms with van der Waals surface area (Å²) in [6.45, 7) is 3.80. The lowest BCUT2D eigenvalue weighted by Gasteiger charge is -1.93. The molecule has 3 aromatic rings. The van der Waals surface area contributed by atoms with Crippen molar-refractivity contribution >= 4 is 37.6 Å². The smallest absolute Gasteiger partial charge is 0.0361 e. The normalized spacial score (nSPS) is 10.9. The first-order valence-electron chi connectivity index (χ1n) is 4.92. The molecule has 0 aliphatic rings. The van der Waals surface area contributed by atoms with Crippen LogP contribution in [0.1, 0.15) is 5.56 Å². The Morgan fingerprint density at radius 2 is 1.73 bits per heavy atom. The van der Waals surface area contributed by atoms with Crippen molar-refractivity contribution in [2.24, 2.45) is 0 Å². The van der Waals surface area contributed by atoms with E-state index in [1.165, 1.54) is 25.7 Å². The fraction of sp³-hybridized carbons (Fsp3) is 0. The van der Waals surface area contributed by atoms with Crippen molar-refractivity contribution in [3.63, 3.8) is 0 Å². The Labute approximate surface area is 92.5 Å². The lowest BCUT2D eigenvalue weighted by Crippen LogP contribution is -1.69. The first kappa shape index (κ1) is 8.69. The molecule has 0 saturated carbocycles. The molecule has 1 heteroatoms. The van der Waals surface area contributed by atoms with Gasteiger partial charge in [0.15, 0.2) is 0 Å².